The van der Waals surface area contributed by atoms with Gasteiger partial charge in [-0.3, -0.25) is 19.9 Å². The van der Waals surface area contributed by atoms with E-state index in [1.165, 1.54) is 17.5 Å². The topological polar surface area (TPSA) is 114 Å². The molecule has 0 fully saturated rings. The Morgan fingerprint density at radius 2 is 2.17 bits per heavy atom. The minimum absolute atomic E-state index is 0.273. The van der Waals surface area contributed by atoms with Gasteiger partial charge >= 0.3 is 0 Å². The molecule has 3 aromatic rings. The first kappa shape index (κ1) is 14.9. The molecule has 7 nitrogen and oxygen atoms in total. The Kier molecular flexibility index (Phi) is 3.90. The number of aromatic amines is 1. The number of thiazole rings is 1. The lowest BCUT2D eigenvalue weighted by Gasteiger charge is -2.01. The van der Waals surface area contributed by atoms with E-state index in [1.807, 2.05) is 6.92 Å². The summed E-state index contributed by atoms with van der Waals surface area (Å²) in [7, 11) is 0. The third-order valence-corrected chi connectivity index (χ3v) is 3.90. The van der Waals surface area contributed by atoms with Crippen molar-refractivity contribution in [3.8, 4) is 11.3 Å². The van der Waals surface area contributed by atoms with Crippen molar-refractivity contribution in [2.75, 3.05) is 5.32 Å². The number of pyridine rings is 1. The van der Waals surface area contributed by atoms with Gasteiger partial charge in [0, 0.05) is 29.0 Å². The van der Waals surface area contributed by atoms with Crippen LogP contribution in [0, 0.1) is 6.92 Å². The number of carbonyl (C=O) groups excluding carboxylic acids is 2. The zero-order valence-electron chi connectivity index (χ0n) is 12.2. The molecular formula is C15H13N5O2S. The molecule has 3 heterocycles. The summed E-state index contributed by atoms with van der Waals surface area (Å²) in [6, 6.07) is 5.09. The number of rotatable bonds is 4. The van der Waals surface area contributed by atoms with Crippen molar-refractivity contribution in [1.29, 1.82) is 0 Å². The average Bonchev–Trinajstić information content (AvgIpc) is 3.16. The second-order valence-corrected chi connectivity index (χ2v) is 5.70. The largest absolute Gasteiger partial charge is 0.364 e. The van der Waals surface area contributed by atoms with Gasteiger partial charge in [-0.1, -0.05) is 0 Å². The van der Waals surface area contributed by atoms with Crippen molar-refractivity contribution in [2.24, 2.45) is 5.73 Å². The molecule has 2 amide bonds. The molecule has 0 unspecified atom stereocenters. The lowest BCUT2D eigenvalue weighted by molar-refractivity contribution is 0.0994. The summed E-state index contributed by atoms with van der Waals surface area (Å²) < 4.78 is 0. The maximum Gasteiger partial charge on any atom is 0.265 e. The molecule has 0 aliphatic carbocycles. The number of hydrogen-bond acceptors (Lipinski definition) is 5. The molecule has 0 bridgehead atoms. The first-order valence-corrected chi connectivity index (χ1v) is 7.59. The van der Waals surface area contributed by atoms with E-state index >= 15 is 0 Å². The van der Waals surface area contributed by atoms with E-state index in [0.717, 1.165) is 11.3 Å². The van der Waals surface area contributed by atoms with Gasteiger partial charge < -0.3 is 10.7 Å². The Morgan fingerprint density at radius 3 is 2.83 bits per heavy atom. The molecule has 0 aliphatic rings. The number of nitrogens with one attached hydrogen (secondary N) is 2. The molecule has 3 rings (SSSR count). The SMILES string of the molecule is Cc1ccc(C(=O)Nc2nc(-c3c[nH]c(C(N)=O)c3)cs2)cn1. The van der Waals surface area contributed by atoms with Gasteiger partial charge in [0.1, 0.15) is 5.69 Å². The van der Waals surface area contributed by atoms with Crippen molar-refractivity contribution >= 4 is 28.3 Å². The predicted molar refractivity (Wildman–Crippen MR) is 87.3 cm³/mol. The first-order valence-electron chi connectivity index (χ1n) is 6.71. The van der Waals surface area contributed by atoms with E-state index in [4.69, 9.17) is 5.73 Å². The monoisotopic (exact) mass is 327 g/mol. The number of H-pyrrole nitrogens is 1. The van der Waals surface area contributed by atoms with Crippen molar-refractivity contribution in [3.05, 3.63) is 52.9 Å². The maximum atomic E-state index is 12.1. The van der Waals surface area contributed by atoms with Gasteiger partial charge in [0.25, 0.3) is 11.8 Å². The number of nitrogens with zero attached hydrogens (tertiary/aromatic N) is 2. The standard InChI is InChI=1S/C15H13N5O2S/c1-8-2-3-9(5-17-8)14(22)20-15-19-12(7-23-15)10-4-11(13(16)21)18-6-10/h2-7,18H,1H3,(H2,16,21)(H,19,20,22). The fourth-order valence-corrected chi connectivity index (χ4v) is 2.63. The van der Waals surface area contributed by atoms with E-state index in [-0.39, 0.29) is 5.91 Å². The van der Waals surface area contributed by atoms with Crippen LogP contribution in [-0.4, -0.2) is 26.8 Å². The summed E-state index contributed by atoms with van der Waals surface area (Å²) in [6.45, 7) is 1.85. The van der Waals surface area contributed by atoms with Crippen molar-refractivity contribution in [2.45, 2.75) is 6.92 Å². The lowest BCUT2D eigenvalue weighted by Crippen LogP contribution is -2.12. The molecule has 0 atom stereocenters. The van der Waals surface area contributed by atoms with Crippen LogP contribution in [0.5, 0.6) is 0 Å². The molecule has 0 aliphatic heterocycles. The van der Waals surface area contributed by atoms with Crippen molar-refractivity contribution < 1.29 is 9.59 Å². The zero-order chi connectivity index (χ0) is 16.4. The van der Waals surface area contributed by atoms with Gasteiger partial charge in [-0.05, 0) is 25.1 Å². The fraction of sp³-hybridized carbons (Fsp3) is 0.0667. The summed E-state index contributed by atoms with van der Waals surface area (Å²) in [5, 5.41) is 4.98. The predicted octanol–water partition coefficient (Wildman–Crippen LogP) is 2.19. The molecular weight excluding hydrogens is 314 g/mol. The Bertz CT molecular complexity index is 866. The van der Waals surface area contributed by atoms with Crippen LogP contribution in [0.25, 0.3) is 11.3 Å². The maximum absolute atomic E-state index is 12.1. The quantitative estimate of drug-likeness (QED) is 0.681. The summed E-state index contributed by atoms with van der Waals surface area (Å²) in [5.41, 5.74) is 8.19. The highest BCUT2D eigenvalue weighted by Gasteiger charge is 2.12. The second kappa shape index (κ2) is 6.01. The average molecular weight is 327 g/mol. The molecule has 0 aromatic carbocycles. The first-order chi connectivity index (χ1) is 11.0. The number of nitrogens with two attached hydrogens (primary N) is 1. The molecule has 23 heavy (non-hydrogen) atoms. The smallest absolute Gasteiger partial charge is 0.265 e. The van der Waals surface area contributed by atoms with E-state index in [9.17, 15) is 9.59 Å². The van der Waals surface area contributed by atoms with Crippen LogP contribution >= 0.6 is 11.3 Å². The summed E-state index contributed by atoms with van der Waals surface area (Å²) >= 11 is 1.29. The molecule has 0 saturated heterocycles. The van der Waals surface area contributed by atoms with Gasteiger partial charge in [-0.25, -0.2) is 4.98 Å². The van der Waals surface area contributed by atoms with Gasteiger partial charge in [-0.15, -0.1) is 11.3 Å². The second-order valence-electron chi connectivity index (χ2n) is 4.85. The highest BCUT2D eigenvalue weighted by atomic mass is 32.1. The summed E-state index contributed by atoms with van der Waals surface area (Å²) in [5.74, 6) is -0.808. The van der Waals surface area contributed by atoms with Crippen LogP contribution in [0.4, 0.5) is 5.13 Å². The third kappa shape index (κ3) is 3.27. The van der Waals surface area contributed by atoms with Crippen LogP contribution in [0.3, 0.4) is 0 Å². The van der Waals surface area contributed by atoms with Gasteiger partial charge in [0.2, 0.25) is 0 Å². The Labute approximate surface area is 135 Å². The molecule has 4 N–H and O–H groups in total. The van der Waals surface area contributed by atoms with E-state index in [2.05, 4.69) is 20.3 Å². The summed E-state index contributed by atoms with van der Waals surface area (Å²) in [4.78, 5) is 34.4. The van der Waals surface area contributed by atoms with Crippen LogP contribution in [0.15, 0.2) is 36.0 Å². The molecule has 0 saturated carbocycles. The van der Waals surface area contributed by atoms with Crippen LogP contribution in [-0.2, 0) is 0 Å². The van der Waals surface area contributed by atoms with Crippen LogP contribution in [0.2, 0.25) is 0 Å². The minimum Gasteiger partial charge on any atom is -0.364 e. The lowest BCUT2D eigenvalue weighted by atomic mass is 10.2. The number of hydrogen-bond donors (Lipinski definition) is 3. The highest BCUT2D eigenvalue weighted by molar-refractivity contribution is 7.14. The van der Waals surface area contributed by atoms with E-state index in [0.29, 0.717) is 22.1 Å². The van der Waals surface area contributed by atoms with Crippen molar-refractivity contribution in [1.82, 2.24) is 15.0 Å². The molecule has 0 spiro atoms. The molecule has 116 valence electrons. The van der Waals surface area contributed by atoms with Gasteiger partial charge in [0.05, 0.1) is 11.3 Å². The number of aromatic nitrogens is 3. The number of primary amides is 1. The van der Waals surface area contributed by atoms with Gasteiger partial charge in [0.15, 0.2) is 5.13 Å². The number of amides is 2. The molecule has 8 heteroatoms. The normalized spacial score (nSPS) is 10.5. The zero-order valence-corrected chi connectivity index (χ0v) is 13.0. The fourth-order valence-electron chi connectivity index (χ4n) is 1.92. The Morgan fingerprint density at radius 1 is 1.35 bits per heavy atom. The van der Waals surface area contributed by atoms with E-state index in [1.54, 1.807) is 29.8 Å². The minimum atomic E-state index is -0.535. The van der Waals surface area contributed by atoms with Crippen LogP contribution < -0.4 is 11.1 Å². The summed E-state index contributed by atoms with van der Waals surface area (Å²) in [6.07, 6.45) is 3.16. The number of aryl methyl sites for hydroxylation is 1. The Hall–Kier alpha value is -3.00. The molecule has 3 aromatic heterocycles. The van der Waals surface area contributed by atoms with Crippen LogP contribution in [0.1, 0.15) is 26.5 Å². The Balaban J connectivity index is 1.75. The highest BCUT2D eigenvalue weighted by Crippen LogP contribution is 2.25. The number of anilines is 1. The third-order valence-electron chi connectivity index (χ3n) is 3.14. The molecule has 0 radical (unpaired) electrons. The van der Waals surface area contributed by atoms with E-state index < -0.39 is 5.91 Å². The van der Waals surface area contributed by atoms with Crippen molar-refractivity contribution in [3.63, 3.8) is 0 Å². The van der Waals surface area contributed by atoms with Gasteiger partial charge in [-0.2, -0.15) is 0 Å². The number of carbonyl (C=O) groups is 2.